The van der Waals surface area contributed by atoms with Crippen molar-refractivity contribution in [3.63, 3.8) is 0 Å². The van der Waals surface area contributed by atoms with Crippen molar-refractivity contribution in [3.05, 3.63) is 28.8 Å². The Bertz CT molecular complexity index is 1050. The summed E-state index contributed by atoms with van der Waals surface area (Å²) in [6.07, 6.45) is 1.54. The predicted molar refractivity (Wildman–Crippen MR) is 132 cm³/mol. The Kier molecular flexibility index (Phi) is 7.75. The van der Waals surface area contributed by atoms with Gasteiger partial charge in [-0.05, 0) is 56.2 Å². The smallest absolute Gasteiger partial charge is 0.310 e. The van der Waals surface area contributed by atoms with Gasteiger partial charge in [-0.25, -0.2) is 0 Å². The maximum atomic E-state index is 13.8. The SMILES string of the molecule is CCO[C@@H]1OC(=O)CC1NC(=O)[C@@H]1[C@H]2CCC(C2)N1C(=O)[C@@H](NC(=O)c1ccc(N)c(Cl)c1)C(C)C. The molecule has 0 spiro atoms. The van der Waals surface area contributed by atoms with Crippen molar-refractivity contribution in [2.45, 2.75) is 76.9 Å². The Labute approximate surface area is 215 Å². The molecule has 0 radical (unpaired) electrons. The molecule has 3 aliphatic rings. The molecule has 196 valence electrons. The molecule has 3 amide bonds. The molecular weight excluding hydrogens is 488 g/mol. The summed E-state index contributed by atoms with van der Waals surface area (Å²) in [6, 6.07) is 2.34. The van der Waals surface area contributed by atoms with E-state index in [1.807, 2.05) is 13.8 Å². The first-order chi connectivity index (χ1) is 17.1. The van der Waals surface area contributed by atoms with Crippen molar-refractivity contribution in [2.75, 3.05) is 12.3 Å². The normalized spacial score (nSPS) is 27.8. The number of piperidine rings is 1. The van der Waals surface area contributed by atoms with Gasteiger partial charge in [0.15, 0.2) is 0 Å². The molecule has 4 N–H and O–H groups in total. The Morgan fingerprint density at radius 2 is 2.03 bits per heavy atom. The number of nitrogens with one attached hydrogen (secondary N) is 2. The number of cyclic esters (lactones) is 1. The highest BCUT2D eigenvalue weighted by Gasteiger charge is 2.53. The molecule has 36 heavy (non-hydrogen) atoms. The van der Waals surface area contributed by atoms with E-state index in [4.69, 9.17) is 26.8 Å². The number of ether oxygens (including phenoxy) is 2. The van der Waals surface area contributed by atoms with Crippen LogP contribution in [-0.2, 0) is 23.9 Å². The molecule has 0 aromatic heterocycles. The van der Waals surface area contributed by atoms with Gasteiger partial charge >= 0.3 is 5.97 Å². The van der Waals surface area contributed by atoms with Gasteiger partial charge in [0, 0.05) is 18.2 Å². The van der Waals surface area contributed by atoms with Gasteiger partial charge in [-0.15, -0.1) is 0 Å². The van der Waals surface area contributed by atoms with Gasteiger partial charge in [0.1, 0.15) is 18.1 Å². The monoisotopic (exact) mass is 520 g/mol. The molecule has 1 aliphatic carbocycles. The number of likely N-dealkylation sites (tertiary alicyclic amines) is 1. The van der Waals surface area contributed by atoms with Crippen LogP contribution in [0, 0.1) is 11.8 Å². The minimum atomic E-state index is -0.844. The molecule has 3 fully saturated rings. The maximum Gasteiger partial charge on any atom is 0.310 e. The van der Waals surface area contributed by atoms with E-state index in [9.17, 15) is 19.2 Å². The summed E-state index contributed by atoms with van der Waals surface area (Å²) in [6.45, 7) is 5.80. The van der Waals surface area contributed by atoms with E-state index in [0.29, 0.717) is 12.3 Å². The van der Waals surface area contributed by atoms with Crippen LogP contribution in [-0.4, -0.2) is 65.7 Å². The zero-order valence-corrected chi connectivity index (χ0v) is 21.4. The fourth-order valence-corrected chi connectivity index (χ4v) is 5.63. The first-order valence-corrected chi connectivity index (χ1v) is 12.8. The molecule has 1 saturated carbocycles. The van der Waals surface area contributed by atoms with E-state index >= 15 is 0 Å². The number of halogens is 1. The van der Waals surface area contributed by atoms with Crippen LogP contribution >= 0.6 is 11.6 Å². The lowest BCUT2D eigenvalue weighted by molar-refractivity contribution is -0.165. The number of hydrogen-bond donors (Lipinski definition) is 3. The highest BCUT2D eigenvalue weighted by atomic mass is 35.5. The highest BCUT2D eigenvalue weighted by molar-refractivity contribution is 6.33. The number of hydrogen-bond acceptors (Lipinski definition) is 7. The number of fused-ring (bicyclic) bond motifs is 2. The summed E-state index contributed by atoms with van der Waals surface area (Å²) in [4.78, 5) is 53.6. The van der Waals surface area contributed by atoms with Gasteiger partial charge in [-0.1, -0.05) is 25.4 Å². The number of nitrogen functional groups attached to an aromatic ring is 1. The third kappa shape index (κ3) is 5.15. The molecular formula is C25H33ClN4O6. The van der Waals surface area contributed by atoms with Crippen LogP contribution in [0.15, 0.2) is 18.2 Å². The van der Waals surface area contributed by atoms with Crippen LogP contribution in [0.3, 0.4) is 0 Å². The van der Waals surface area contributed by atoms with Crippen LogP contribution in [0.25, 0.3) is 0 Å². The van der Waals surface area contributed by atoms with E-state index in [1.165, 1.54) is 12.1 Å². The molecule has 11 heteroatoms. The van der Waals surface area contributed by atoms with Crippen LogP contribution in [0.1, 0.15) is 56.8 Å². The topological polar surface area (TPSA) is 140 Å². The van der Waals surface area contributed by atoms with Gasteiger partial charge in [-0.3, -0.25) is 19.2 Å². The first kappa shape index (κ1) is 26.2. The quantitative estimate of drug-likeness (QED) is 0.351. The average Bonchev–Trinajstić information content (AvgIpc) is 3.53. The number of benzene rings is 1. The first-order valence-electron chi connectivity index (χ1n) is 12.4. The van der Waals surface area contributed by atoms with E-state index in [1.54, 1.807) is 17.9 Å². The Hall–Kier alpha value is -2.85. The Morgan fingerprint density at radius 1 is 1.28 bits per heavy atom. The molecule has 2 bridgehead atoms. The van der Waals surface area contributed by atoms with E-state index in [0.717, 1.165) is 19.3 Å². The van der Waals surface area contributed by atoms with Gasteiger partial charge in [0.25, 0.3) is 5.91 Å². The largest absolute Gasteiger partial charge is 0.433 e. The molecule has 1 aromatic rings. The lowest BCUT2D eigenvalue weighted by Crippen LogP contribution is -2.60. The Balaban J connectivity index is 1.51. The van der Waals surface area contributed by atoms with Crippen molar-refractivity contribution >= 4 is 41.0 Å². The second-order valence-electron chi connectivity index (χ2n) is 9.98. The summed E-state index contributed by atoms with van der Waals surface area (Å²) < 4.78 is 10.6. The van der Waals surface area contributed by atoms with Gasteiger partial charge in [0.2, 0.25) is 18.1 Å². The van der Waals surface area contributed by atoms with Gasteiger partial charge in [-0.2, -0.15) is 0 Å². The number of esters is 1. The third-order valence-electron chi connectivity index (χ3n) is 7.21. The van der Waals surface area contributed by atoms with Crippen LogP contribution in [0.5, 0.6) is 0 Å². The second-order valence-corrected chi connectivity index (χ2v) is 10.4. The van der Waals surface area contributed by atoms with Crippen molar-refractivity contribution in [1.82, 2.24) is 15.5 Å². The van der Waals surface area contributed by atoms with Crippen molar-refractivity contribution in [2.24, 2.45) is 11.8 Å². The number of carbonyl (C=O) groups excluding carboxylic acids is 4. The lowest BCUT2D eigenvalue weighted by atomic mass is 9.95. The van der Waals surface area contributed by atoms with Crippen molar-refractivity contribution < 1.29 is 28.7 Å². The molecule has 2 unspecified atom stereocenters. The van der Waals surface area contributed by atoms with E-state index in [2.05, 4.69) is 10.6 Å². The maximum absolute atomic E-state index is 13.8. The number of nitrogens with zero attached hydrogens (tertiary/aromatic N) is 1. The summed E-state index contributed by atoms with van der Waals surface area (Å²) in [5, 5.41) is 5.97. The molecule has 2 aliphatic heterocycles. The zero-order valence-electron chi connectivity index (χ0n) is 20.7. The number of nitrogens with two attached hydrogens (primary N) is 1. The number of rotatable bonds is 8. The predicted octanol–water partition coefficient (Wildman–Crippen LogP) is 1.85. The van der Waals surface area contributed by atoms with Gasteiger partial charge in [0.05, 0.1) is 17.1 Å². The number of amides is 3. The second kappa shape index (κ2) is 10.6. The molecule has 2 heterocycles. The van der Waals surface area contributed by atoms with E-state index in [-0.39, 0.29) is 46.7 Å². The Morgan fingerprint density at radius 3 is 2.69 bits per heavy atom. The summed E-state index contributed by atoms with van der Waals surface area (Å²) in [7, 11) is 0. The molecule has 6 atom stereocenters. The fourth-order valence-electron chi connectivity index (χ4n) is 5.45. The molecule has 2 saturated heterocycles. The summed E-state index contributed by atoms with van der Waals surface area (Å²) in [5.41, 5.74) is 6.39. The molecule has 10 nitrogen and oxygen atoms in total. The summed E-state index contributed by atoms with van der Waals surface area (Å²) in [5.74, 6) is -1.73. The van der Waals surface area contributed by atoms with Crippen LogP contribution in [0.2, 0.25) is 5.02 Å². The van der Waals surface area contributed by atoms with Crippen LogP contribution < -0.4 is 16.4 Å². The highest BCUT2D eigenvalue weighted by Crippen LogP contribution is 2.43. The fraction of sp³-hybridized carbons (Fsp3) is 0.600. The van der Waals surface area contributed by atoms with Crippen molar-refractivity contribution in [3.8, 4) is 0 Å². The molecule has 4 rings (SSSR count). The standard InChI is InChI=1S/C25H33ClN4O6/c1-4-35-25-18(11-19(31)36-25)28-23(33)21-13-5-7-15(9-13)30(21)24(34)20(12(2)3)29-22(32)14-6-8-17(27)16(26)10-14/h6,8,10,12-13,15,18,20-21,25H,4-5,7,9,11,27H2,1-3H3,(H,28,33)(H,29,32)/t13-,15?,18?,20-,21-,25+/m0/s1. The van der Waals surface area contributed by atoms with Crippen molar-refractivity contribution in [1.29, 1.82) is 0 Å². The zero-order chi connectivity index (χ0) is 26.1. The number of carbonyl (C=O) groups is 4. The third-order valence-corrected chi connectivity index (χ3v) is 7.54. The average molecular weight is 521 g/mol. The lowest BCUT2D eigenvalue weighted by Gasteiger charge is -2.38. The van der Waals surface area contributed by atoms with Crippen LogP contribution in [0.4, 0.5) is 5.69 Å². The summed E-state index contributed by atoms with van der Waals surface area (Å²) >= 11 is 6.07. The minimum absolute atomic E-state index is 0.0139. The number of anilines is 1. The van der Waals surface area contributed by atoms with Gasteiger partial charge < -0.3 is 30.7 Å². The van der Waals surface area contributed by atoms with E-state index < -0.39 is 36.3 Å². The molecule has 1 aromatic carbocycles. The minimum Gasteiger partial charge on any atom is -0.433 e.